The maximum Gasteiger partial charge on any atom is 0.268 e. The van der Waals surface area contributed by atoms with E-state index in [4.69, 9.17) is 17.9 Å². The smallest absolute Gasteiger partial charge is 0.268 e. The molecule has 6 heteroatoms. The van der Waals surface area contributed by atoms with Crippen LogP contribution in [0.25, 0.3) is 106 Å². The topological polar surface area (TPSA) is 35.9 Å². The molecule has 0 spiro atoms. The number of hydrogen-bond donors (Lipinski definition) is 0. The van der Waals surface area contributed by atoms with Gasteiger partial charge in [0.25, 0.3) is 6.33 Å². The van der Waals surface area contributed by atoms with E-state index in [-0.39, 0.29) is 54.4 Å². The van der Waals surface area contributed by atoms with E-state index in [0.717, 1.165) is 55.4 Å². The van der Waals surface area contributed by atoms with Gasteiger partial charge < -0.3 is 13.9 Å². The van der Waals surface area contributed by atoms with E-state index in [0.29, 0.717) is 39.3 Å². The third-order valence-corrected chi connectivity index (χ3v) is 12.9. The summed E-state index contributed by atoms with van der Waals surface area (Å²) in [5.41, 5.74) is 9.23. The number of benzene rings is 9. The average molecular weight is 1090 g/mol. The monoisotopic (exact) mass is 1090 g/mol. The van der Waals surface area contributed by atoms with Gasteiger partial charge in [-0.15, -0.1) is 29.7 Å². The van der Waals surface area contributed by atoms with E-state index >= 15 is 0 Å². The number of rotatable bonds is 6. The second kappa shape index (κ2) is 17.1. The first-order chi connectivity index (χ1) is 38.0. The molecular weight excluding hydrogens is 1040 g/mol. The van der Waals surface area contributed by atoms with Crippen LogP contribution in [0.5, 0.6) is 11.5 Å². The van der Waals surface area contributed by atoms with Gasteiger partial charge in [0.15, 0.2) is 0 Å². The summed E-state index contributed by atoms with van der Waals surface area (Å²) in [7, 11) is 0. The van der Waals surface area contributed by atoms with Gasteiger partial charge in [0, 0.05) is 49.8 Å². The Labute approximate surface area is 435 Å². The minimum absolute atomic E-state index is 0. The molecule has 3 aromatic heterocycles. The van der Waals surface area contributed by atoms with Crippen LogP contribution in [0, 0.1) is 18.5 Å². The van der Waals surface area contributed by atoms with Crippen molar-refractivity contribution in [3.05, 3.63) is 236 Å². The van der Waals surface area contributed by atoms with Crippen molar-refractivity contribution in [3.63, 3.8) is 0 Å². The Kier molecular flexibility index (Phi) is 8.18. The number of pyridine rings is 1. The second-order valence-electron chi connectivity index (χ2n) is 18.0. The van der Waals surface area contributed by atoms with Gasteiger partial charge in [0.2, 0.25) is 0 Å². The molecule has 1 aliphatic heterocycles. The first-order valence-electron chi connectivity index (χ1n) is 27.6. The zero-order chi connectivity index (χ0) is 54.9. The number of nitrogens with zero attached hydrogens (tertiary/aromatic N) is 4. The summed E-state index contributed by atoms with van der Waals surface area (Å²) >= 11 is 0. The molecule has 5 nitrogen and oxygen atoms in total. The van der Waals surface area contributed by atoms with Crippen LogP contribution in [0.3, 0.4) is 0 Å². The molecule has 4 heterocycles. The second-order valence-corrected chi connectivity index (χ2v) is 18.0. The van der Waals surface area contributed by atoms with Gasteiger partial charge in [0.1, 0.15) is 5.82 Å². The Hall–Kier alpha value is -8.11. The van der Waals surface area contributed by atoms with Gasteiger partial charge >= 0.3 is 0 Å². The molecule has 0 atom stereocenters. The molecule has 338 valence electrons. The molecule has 13 rings (SSSR count). The molecule has 0 amide bonds. The Balaban J connectivity index is 0.00000637. The predicted molar refractivity (Wildman–Crippen MR) is 279 cm³/mol. The molecular formula is C64H44N4OPt-2. The van der Waals surface area contributed by atoms with E-state index in [1.807, 2.05) is 120 Å². The molecule has 0 saturated carbocycles. The third-order valence-electron chi connectivity index (χ3n) is 12.9. The minimum atomic E-state index is -0.562. The van der Waals surface area contributed by atoms with Crippen LogP contribution >= 0.6 is 0 Å². The fourth-order valence-corrected chi connectivity index (χ4v) is 9.80. The van der Waals surface area contributed by atoms with Gasteiger partial charge in [0.05, 0.1) is 30.4 Å². The Morgan fingerprint density at radius 2 is 1.17 bits per heavy atom. The molecule has 0 aliphatic carbocycles. The molecule has 0 bridgehead atoms. The number of ether oxygens (including phenoxy) is 1. The summed E-state index contributed by atoms with van der Waals surface area (Å²) in [5.74, 6) is 1.56. The molecule has 70 heavy (non-hydrogen) atoms. The van der Waals surface area contributed by atoms with E-state index in [2.05, 4.69) is 62.0 Å². The Bertz CT molecular complexity index is 4540. The maximum absolute atomic E-state index is 9.40. The first kappa shape index (κ1) is 33.4. The molecule has 0 N–H and O–H groups in total. The summed E-state index contributed by atoms with van der Waals surface area (Å²) in [6.07, 6.45) is 5.48. The van der Waals surface area contributed by atoms with Crippen LogP contribution in [-0.4, -0.2) is 14.1 Å². The van der Waals surface area contributed by atoms with Crippen molar-refractivity contribution in [2.75, 3.05) is 0 Å². The number of hydrogen-bond acceptors (Lipinski definition) is 2. The van der Waals surface area contributed by atoms with Crippen LogP contribution in [0.4, 0.5) is 0 Å². The van der Waals surface area contributed by atoms with Crippen molar-refractivity contribution in [1.29, 1.82) is 0 Å². The fourth-order valence-electron chi connectivity index (χ4n) is 9.80. The van der Waals surface area contributed by atoms with Crippen LogP contribution in [0.2, 0.25) is 0 Å². The van der Waals surface area contributed by atoms with Crippen molar-refractivity contribution < 1.29 is 44.1 Å². The SMILES string of the molecule is [2H]c1c([2H])c([2H])c(-c2ccc(-c3c([2H])c([2H])c([2H])c([2H])c3[2H])c3c2-c2ccccc2-c2ccccc2-c2cccc4c2[n+]-3[c-]n4-c2[c-]c(Oc3[c-]c4c(cc3)c3ccccc3n4-c3cc(C(C)(C)C)ccn3)ccc2)c([2H])c1[2H].[Pt]. The quantitative estimate of drug-likeness (QED) is 0.123. The summed E-state index contributed by atoms with van der Waals surface area (Å²) in [5, 5.41) is 2.02. The molecule has 1 aliphatic rings. The summed E-state index contributed by atoms with van der Waals surface area (Å²) in [4.78, 5) is 4.84. The number of aromatic nitrogens is 4. The normalized spacial score (nSPS) is 13.8. The molecule has 0 radical (unpaired) electrons. The molecule has 0 saturated heterocycles. The summed E-state index contributed by atoms with van der Waals surface area (Å²) in [6, 6.07) is 48.5. The predicted octanol–water partition coefficient (Wildman–Crippen LogP) is 15.5. The standard InChI is InChI=1S/C64H44N4O.Pt/c1-64(2,3)44-36-37-65-60(38-44)68-57-30-15-14-27-53(57)54-33-32-47(40-59(54)68)69-46-23-16-22-45(39-46)66-41-67-62-56(29-17-31-58(62)66)52-26-11-10-24-50(52)51-25-12-13-28-55(51)61-48(42-18-6-4-7-19-42)34-35-49(63(61)67)43-20-8-5-9-21-43;/h4-38H,1-3H3;/q-2;/i4D,5D,6D,7D,8D,9D,18D,19D,20D,21D;. The molecule has 0 unspecified atom stereocenters. The number of imidazole rings is 1. The number of para-hydroxylation sites is 2. The van der Waals surface area contributed by atoms with Crippen molar-refractivity contribution in [3.8, 4) is 84.3 Å². The van der Waals surface area contributed by atoms with E-state index < -0.39 is 60.4 Å². The van der Waals surface area contributed by atoms with Crippen molar-refractivity contribution in [1.82, 2.24) is 14.1 Å². The van der Waals surface area contributed by atoms with Crippen LogP contribution < -0.4 is 9.30 Å². The average Bonchev–Trinajstić information content (AvgIpc) is 4.23. The molecule has 0 fully saturated rings. The van der Waals surface area contributed by atoms with Crippen LogP contribution in [0.1, 0.15) is 40.0 Å². The summed E-state index contributed by atoms with van der Waals surface area (Å²) < 4.78 is 102. The van der Waals surface area contributed by atoms with Gasteiger partial charge in [-0.2, -0.15) is 18.2 Å². The zero-order valence-corrected chi connectivity index (χ0v) is 40.2. The largest absolute Gasteiger partial charge is 0.510 e. The van der Waals surface area contributed by atoms with Crippen LogP contribution in [-0.2, 0) is 26.5 Å². The van der Waals surface area contributed by atoms with Crippen molar-refractivity contribution in [2.24, 2.45) is 0 Å². The van der Waals surface area contributed by atoms with Gasteiger partial charge in [-0.3, -0.25) is 4.57 Å². The van der Waals surface area contributed by atoms with E-state index in [1.165, 1.54) is 0 Å². The fraction of sp³-hybridized carbons (Fsp3) is 0.0625. The molecule has 9 aromatic carbocycles. The first-order valence-corrected chi connectivity index (χ1v) is 22.6. The zero-order valence-electron chi connectivity index (χ0n) is 47.9. The van der Waals surface area contributed by atoms with Gasteiger partial charge in [-0.1, -0.05) is 184 Å². The van der Waals surface area contributed by atoms with Gasteiger partial charge in [-0.25, -0.2) is 4.98 Å². The van der Waals surface area contributed by atoms with E-state index in [9.17, 15) is 5.48 Å². The third kappa shape index (κ3) is 7.11. The Morgan fingerprint density at radius 3 is 1.93 bits per heavy atom. The van der Waals surface area contributed by atoms with Crippen molar-refractivity contribution >= 4 is 32.8 Å². The molecule has 12 aromatic rings. The van der Waals surface area contributed by atoms with Gasteiger partial charge in [-0.05, 0) is 90.3 Å². The Morgan fingerprint density at radius 1 is 0.557 bits per heavy atom. The summed E-state index contributed by atoms with van der Waals surface area (Å²) in [6.45, 7) is 6.52. The van der Waals surface area contributed by atoms with E-state index in [1.54, 1.807) is 22.8 Å². The maximum atomic E-state index is 9.40. The minimum Gasteiger partial charge on any atom is -0.510 e. The van der Waals surface area contributed by atoms with Crippen LogP contribution in [0.15, 0.2) is 212 Å². The van der Waals surface area contributed by atoms with Crippen molar-refractivity contribution in [2.45, 2.75) is 26.2 Å². The number of fused-ring (bicyclic) bond motifs is 10.